The maximum atomic E-state index is 14.1. The molecule has 0 radical (unpaired) electrons. The van der Waals surface area contributed by atoms with Crippen LogP contribution in [-0.4, -0.2) is 26.3 Å². The first-order chi connectivity index (χ1) is 9.08. The molecule has 2 rings (SSSR count). The van der Waals surface area contributed by atoms with E-state index in [0.29, 0.717) is 5.69 Å². The quantitative estimate of drug-likeness (QED) is 0.910. The Morgan fingerprint density at radius 1 is 1.47 bits per heavy atom. The maximum absolute atomic E-state index is 14.1. The van der Waals surface area contributed by atoms with Crippen molar-refractivity contribution in [3.63, 3.8) is 0 Å². The van der Waals surface area contributed by atoms with E-state index < -0.39 is 0 Å². The molecule has 1 heterocycles. The van der Waals surface area contributed by atoms with Crippen LogP contribution < -0.4 is 10.6 Å². The minimum absolute atomic E-state index is 0.143. The monoisotopic (exact) mass is 266 g/mol. The van der Waals surface area contributed by atoms with Gasteiger partial charge in [0.1, 0.15) is 5.82 Å². The molecule has 1 fully saturated rings. The third-order valence-electron chi connectivity index (χ3n) is 3.66. The van der Waals surface area contributed by atoms with E-state index in [2.05, 4.69) is 0 Å². The zero-order valence-electron chi connectivity index (χ0n) is 11.7. The average molecular weight is 266 g/mol. The first-order valence-corrected chi connectivity index (χ1v) is 6.95. The van der Waals surface area contributed by atoms with Gasteiger partial charge in [-0.15, -0.1) is 0 Å². The first-order valence-electron chi connectivity index (χ1n) is 6.95. The lowest BCUT2D eigenvalue weighted by Crippen LogP contribution is -2.33. The summed E-state index contributed by atoms with van der Waals surface area (Å²) in [6.07, 6.45) is 3.61. The van der Waals surface area contributed by atoms with Crippen LogP contribution in [0.15, 0.2) is 18.2 Å². The van der Waals surface area contributed by atoms with Gasteiger partial charge < -0.3 is 15.4 Å². The molecule has 0 aliphatic carbocycles. The minimum Gasteiger partial charge on any atom is -0.376 e. The number of likely N-dealkylation sites (N-methyl/N-ethyl adjacent to an activating group) is 1. The summed E-state index contributed by atoms with van der Waals surface area (Å²) in [5, 5.41) is 0. The SMILES string of the molecule is C[C@H](N)c1ccc(N(C)CC2CCCCO2)c(F)c1. The molecule has 4 heteroatoms. The van der Waals surface area contributed by atoms with Crippen LogP contribution in [-0.2, 0) is 4.74 Å². The zero-order chi connectivity index (χ0) is 13.8. The number of nitrogens with zero attached hydrogens (tertiary/aromatic N) is 1. The summed E-state index contributed by atoms with van der Waals surface area (Å²) in [7, 11) is 1.90. The van der Waals surface area contributed by atoms with Crippen molar-refractivity contribution in [1.82, 2.24) is 0 Å². The normalized spacial score (nSPS) is 21.2. The topological polar surface area (TPSA) is 38.5 Å². The van der Waals surface area contributed by atoms with E-state index >= 15 is 0 Å². The summed E-state index contributed by atoms with van der Waals surface area (Å²) >= 11 is 0. The molecule has 1 aromatic carbocycles. The second kappa shape index (κ2) is 6.35. The molecule has 1 saturated heterocycles. The van der Waals surface area contributed by atoms with Crippen molar-refractivity contribution in [2.75, 3.05) is 25.1 Å². The summed E-state index contributed by atoms with van der Waals surface area (Å²) in [5.74, 6) is -0.215. The van der Waals surface area contributed by atoms with Gasteiger partial charge in [0.05, 0.1) is 11.8 Å². The summed E-state index contributed by atoms with van der Waals surface area (Å²) in [6.45, 7) is 3.41. The maximum Gasteiger partial charge on any atom is 0.146 e. The lowest BCUT2D eigenvalue weighted by atomic mass is 10.1. The van der Waals surface area contributed by atoms with Gasteiger partial charge in [-0.05, 0) is 43.9 Å². The standard InChI is InChI=1S/C15H23FN2O/c1-11(17)12-6-7-15(14(16)9-12)18(2)10-13-5-3-4-8-19-13/h6-7,9,11,13H,3-5,8,10,17H2,1-2H3/t11-,13?/m0/s1. The molecule has 1 aliphatic rings. The van der Waals surface area contributed by atoms with Crippen LogP contribution in [0.4, 0.5) is 10.1 Å². The minimum atomic E-state index is -0.215. The van der Waals surface area contributed by atoms with Gasteiger partial charge in [-0.1, -0.05) is 6.07 Å². The van der Waals surface area contributed by atoms with Crippen LogP contribution in [0.1, 0.15) is 37.8 Å². The first kappa shape index (κ1) is 14.3. The molecule has 1 aliphatic heterocycles. The molecule has 0 bridgehead atoms. The number of rotatable bonds is 4. The van der Waals surface area contributed by atoms with Crippen molar-refractivity contribution >= 4 is 5.69 Å². The molecule has 106 valence electrons. The van der Waals surface area contributed by atoms with Crippen molar-refractivity contribution in [1.29, 1.82) is 0 Å². The average Bonchev–Trinajstić information content (AvgIpc) is 2.39. The van der Waals surface area contributed by atoms with Crippen LogP contribution in [0.25, 0.3) is 0 Å². The molecule has 0 spiro atoms. The van der Waals surface area contributed by atoms with E-state index in [9.17, 15) is 4.39 Å². The molecule has 0 amide bonds. The largest absolute Gasteiger partial charge is 0.376 e. The zero-order valence-corrected chi connectivity index (χ0v) is 11.7. The predicted molar refractivity (Wildman–Crippen MR) is 75.9 cm³/mol. The summed E-state index contributed by atoms with van der Waals surface area (Å²) in [5.41, 5.74) is 7.19. The Morgan fingerprint density at radius 3 is 2.84 bits per heavy atom. The van der Waals surface area contributed by atoms with Crippen LogP contribution >= 0.6 is 0 Å². The Morgan fingerprint density at radius 2 is 2.26 bits per heavy atom. The van der Waals surface area contributed by atoms with Crippen molar-refractivity contribution in [3.05, 3.63) is 29.6 Å². The number of benzene rings is 1. The number of nitrogens with two attached hydrogens (primary N) is 1. The Bertz CT molecular complexity index is 417. The van der Waals surface area contributed by atoms with E-state index in [1.165, 1.54) is 12.5 Å². The number of halogens is 1. The number of anilines is 1. The molecule has 2 atom stereocenters. The van der Waals surface area contributed by atoms with Gasteiger partial charge in [-0.3, -0.25) is 0 Å². The third-order valence-corrected chi connectivity index (χ3v) is 3.66. The van der Waals surface area contributed by atoms with E-state index in [-0.39, 0.29) is 18.0 Å². The summed E-state index contributed by atoms with van der Waals surface area (Å²) < 4.78 is 19.8. The predicted octanol–water partition coefficient (Wildman–Crippen LogP) is 2.85. The van der Waals surface area contributed by atoms with Crippen molar-refractivity contribution in [2.24, 2.45) is 5.73 Å². The van der Waals surface area contributed by atoms with E-state index in [4.69, 9.17) is 10.5 Å². The molecule has 2 N–H and O–H groups in total. The molecule has 19 heavy (non-hydrogen) atoms. The molecule has 1 unspecified atom stereocenters. The van der Waals surface area contributed by atoms with Gasteiger partial charge in [-0.25, -0.2) is 4.39 Å². The van der Waals surface area contributed by atoms with Crippen LogP contribution in [0, 0.1) is 5.82 Å². The highest BCUT2D eigenvalue weighted by Crippen LogP contribution is 2.23. The van der Waals surface area contributed by atoms with Gasteiger partial charge in [0.25, 0.3) is 0 Å². The van der Waals surface area contributed by atoms with Gasteiger partial charge >= 0.3 is 0 Å². The van der Waals surface area contributed by atoms with E-state index in [0.717, 1.165) is 31.6 Å². The van der Waals surface area contributed by atoms with Crippen LogP contribution in [0.5, 0.6) is 0 Å². The van der Waals surface area contributed by atoms with Gasteiger partial charge in [-0.2, -0.15) is 0 Å². The summed E-state index contributed by atoms with van der Waals surface area (Å²) in [6, 6.07) is 5.08. The Kier molecular flexibility index (Phi) is 4.77. The Balaban J connectivity index is 2.03. The number of hydrogen-bond donors (Lipinski definition) is 1. The second-order valence-electron chi connectivity index (χ2n) is 5.37. The number of hydrogen-bond acceptors (Lipinski definition) is 3. The lowest BCUT2D eigenvalue weighted by molar-refractivity contribution is 0.0215. The fraction of sp³-hybridized carbons (Fsp3) is 0.600. The molecule has 3 nitrogen and oxygen atoms in total. The number of ether oxygens (including phenoxy) is 1. The highest BCUT2D eigenvalue weighted by Gasteiger charge is 2.18. The molecule has 1 aromatic rings. The molecular weight excluding hydrogens is 243 g/mol. The van der Waals surface area contributed by atoms with Crippen molar-refractivity contribution < 1.29 is 9.13 Å². The van der Waals surface area contributed by atoms with Crippen LogP contribution in [0.3, 0.4) is 0 Å². The van der Waals surface area contributed by atoms with Gasteiger partial charge in [0, 0.05) is 26.2 Å². The molecule has 0 aromatic heterocycles. The Labute approximate surface area is 114 Å². The van der Waals surface area contributed by atoms with Crippen molar-refractivity contribution in [3.8, 4) is 0 Å². The lowest BCUT2D eigenvalue weighted by Gasteiger charge is -2.29. The Hall–Kier alpha value is -1.13. The second-order valence-corrected chi connectivity index (χ2v) is 5.37. The highest BCUT2D eigenvalue weighted by atomic mass is 19.1. The van der Waals surface area contributed by atoms with Crippen molar-refractivity contribution in [2.45, 2.75) is 38.3 Å². The fourth-order valence-corrected chi connectivity index (χ4v) is 2.47. The van der Waals surface area contributed by atoms with Crippen LogP contribution in [0.2, 0.25) is 0 Å². The van der Waals surface area contributed by atoms with Gasteiger partial charge in [0.15, 0.2) is 0 Å². The molecule has 0 saturated carbocycles. The highest BCUT2D eigenvalue weighted by molar-refractivity contribution is 5.49. The van der Waals surface area contributed by atoms with E-state index in [1.807, 2.05) is 24.9 Å². The van der Waals surface area contributed by atoms with E-state index in [1.54, 1.807) is 6.07 Å². The molecular formula is C15H23FN2O. The smallest absolute Gasteiger partial charge is 0.146 e. The third kappa shape index (κ3) is 3.67. The fourth-order valence-electron chi connectivity index (χ4n) is 2.47. The van der Waals surface area contributed by atoms with Gasteiger partial charge in [0.2, 0.25) is 0 Å². The summed E-state index contributed by atoms with van der Waals surface area (Å²) in [4.78, 5) is 1.93.